The molecule has 190 valence electrons. The van der Waals surface area contributed by atoms with Crippen molar-refractivity contribution < 1.29 is 33.7 Å². The summed E-state index contributed by atoms with van der Waals surface area (Å²) < 4.78 is 16.4. The van der Waals surface area contributed by atoms with Crippen molar-refractivity contribution in [2.75, 3.05) is 33.0 Å². The number of carboxylic acids is 1. The zero-order valence-corrected chi connectivity index (χ0v) is 19.6. The molecule has 1 unspecified atom stereocenters. The van der Waals surface area contributed by atoms with Crippen LogP contribution in [0.5, 0.6) is 17.2 Å². The Kier molecular flexibility index (Phi) is 7.57. The fraction of sp³-hybridized carbons (Fsp3) is 0.360. The molecule has 11 nitrogen and oxygen atoms in total. The van der Waals surface area contributed by atoms with Crippen molar-refractivity contribution in [3.8, 4) is 17.2 Å². The van der Waals surface area contributed by atoms with Gasteiger partial charge in [0, 0.05) is 25.2 Å². The third-order valence-corrected chi connectivity index (χ3v) is 6.12. The van der Waals surface area contributed by atoms with Gasteiger partial charge in [0.2, 0.25) is 6.79 Å². The number of carboxylic acid groups (broad SMARTS) is 1. The number of piperazine rings is 1. The summed E-state index contributed by atoms with van der Waals surface area (Å²) in [6.07, 6.45) is 0.990. The molecule has 1 fully saturated rings. The number of nitrogens with zero attached hydrogens (tertiary/aromatic N) is 2. The normalized spacial score (nSPS) is 15.7. The molecule has 0 radical (unpaired) electrons. The zero-order chi connectivity index (χ0) is 25.7. The highest BCUT2D eigenvalue weighted by Crippen LogP contribution is 2.37. The molecule has 11 heteroatoms. The topological polar surface area (TPSA) is 155 Å². The quantitative estimate of drug-likeness (QED) is 0.184. The lowest BCUT2D eigenvalue weighted by molar-refractivity contribution is -0.159. The minimum Gasteiger partial charge on any atom is -0.494 e. The first-order valence-electron chi connectivity index (χ1n) is 11.6. The van der Waals surface area contributed by atoms with E-state index in [0.29, 0.717) is 60.9 Å². The zero-order valence-electron chi connectivity index (χ0n) is 19.6. The number of nitrogens with two attached hydrogens (primary N) is 1. The number of amides is 2. The monoisotopic (exact) mass is 496 g/mol. The van der Waals surface area contributed by atoms with Crippen LogP contribution < -0.4 is 19.9 Å². The molecule has 0 bridgehead atoms. The highest BCUT2D eigenvalue weighted by molar-refractivity contribution is 6.35. The minimum atomic E-state index is -1.07. The molecule has 2 heterocycles. The van der Waals surface area contributed by atoms with E-state index in [1.807, 2.05) is 0 Å². The Bertz CT molecular complexity index is 1150. The maximum Gasteiger partial charge on any atom is 0.312 e. The Morgan fingerprint density at radius 3 is 2.53 bits per heavy atom. The lowest BCUT2D eigenvalue weighted by atomic mass is 10.00. The molecule has 0 aliphatic carbocycles. The molecule has 2 aromatic rings. The van der Waals surface area contributed by atoms with Crippen LogP contribution in [0.4, 0.5) is 0 Å². The highest BCUT2D eigenvalue weighted by atomic mass is 16.7. The summed E-state index contributed by atoms with van der Waals surface area (Å²) in [5.74, 6) is -0.741. The van der Waals surface area contributed by atoms with E-state index < -0.39 is 23.8 Å². The first-order chi connectivity index (χ1) is 17.3. The first kappa shape index (κ1) is 24.8. The third kappa shape index (κ3) is 5.68. The van der Waals surface area contributed by atoms with Crippen LogP contribution in [-0.2, 0) is 14.4 Å². The number of nitrogen functional groups attached to an aromatic ring is 1. The molecular formula is C25H28N4O7. The second kappa shape index (κ2) is 11.0. The van der Waals surface area contributed by atoms with Crippen LogP contribution >= 0.6 is 0 Å². The van der Waals surface area contributed by atoms with Crippen molar-refractivity contribution in [2.45, 2.75) is 25.3 Å². The molecule has 1 atom stereocenters. The van der Waals surface area contributed by atoms with E-state index >= 15 is 0 Å². The number of carbonyl (C=O) groups is 3. The molecule has 1 saturated heterocycles. The van der Waals surface area contributed by atoms with E-state index in [0.717, 1.165) is 0 Å². The summed E-state index contributed by atoms with van der Waals surface area (Å²) in [6, 6.07) is 11.1. The number of amidine groups is 1. The van der Waals surface area contributed by atoms with Crippen LogP contribution in [0.3, 0.4) is 0 Å². The van der Waals surface area contributed by atoms with Crippen molar-refractivity contribution >= 4 is 23.6 Å². The van der Waals surface area contributed by atoms with Gasteiger partial charge < -0.3 is 34.9 Å². The molecule has 2 aromatic carbocycles. The van der Waals surface area contributed by atoms with Gasteiger partial charge in [0.1, 0.15) is 11.6 Å². The first-order valence-corrected chi connectivity index (χ1v) is 11.6. The van der Waals surface area contributed by atoms with E-state index in [4.69, 9.17) is 25.4 Å². The maximum atomic E-state index is 13.0. The van der Waals surface area contributed by atoms with Crippen molar-refractivity contribution in [3.05, 3.63) is 53.6 Å². The molecular weight excluding hydrogens is 468 g/mol. The molecule has 2 aliphatic rings. The number of hydrogen-bond donors (Lipinski definition) is 3. The fourth-order valence-electron chi connectivity index (χ4n) is 4.22. The molecule has 4 N–H and O–H groups in total. The van der Waals surface area contributed by atoms with E-state index in [-0.39, 0.29) is 25.6 Å². The van der Waals surface area contributed by atoms with Crippen molar-refractivity contribution in [1.82, 2.24) is 9.80 Å². The van der Waals surface area contributed by atoms with Crippen LogP contribution in [-0.4, -0.2) is 71.6 Å². The van der Waals surface area contributed by atoms with E-state index in [2.05, 4.69) is 0 Å². The predicted octanol–water partition coefficient (Wildman–Crippen LogP) is 1.75. The summed E-state index contributed by atoms with van der Waals surface area (Å²) in [7, 11) is 0. The maximum absolute atomic E-state index is 13.0. The van der Waals surface area contributed by atoms with E-state index in [1.165, 1.54) is 9.80 Å². The van der Waals surface area contributed by atoms with Crippen molar-refractivity contribution in [1.29, 1.82) is 5.41 Å². The second-order valence-electron chi connectivity index (χ2n) is 8.51. The average Bonchev–Trinajstić information content (AvgIpc) is 3.33. The lowest BCUT2D eigenvalue weighted by Gasteiger charge is -2.38. The summed E-state index contributed by atoms with van der Waals surface area (Å²) in [5.41, 5.74) is 6.63. The Labute approximate surface area is 207 Å². The number of hydrogen-bond acceptors (Lipinski definition) is 7. The number of carbonyl (C=O) groups excluding carboxylic acids is 2. The van der Waals surface area contributed by atoms with Gasteiger partial charge in [-0.15, -0.1) is 0 Å². The van der Waals surface area contributed by atoms with Gasteiger partial charge in [0.05, 0.1) is 19.1 Å². The molecule has 0 saturated carbocycles. The number of aliphatic carboxylic acids is 1. The standard InChI is InChI=1S/C25H28N4O7/c26-23(27)16-3-6-18(7-4-16)34-12-2-1-9-28-10-11-29(25(33)24(28)32)19(14-22(30)31)17-5-8-20-21(13-17)36-15-35-20/h3-8,13,19H,1-2,9-12,14-15H2,(H3,26,27)(H,30,31). The van der Waals surface area contributed by atoms with E-state index in [1.54, 1.807) is 42.5 Å². The number of unbranched alkanes of at least 4 members (excludes halogenated alkanes) is 1. The Morgan fingerprint density at radius 2 is 1.81 bits per heavy atom. The average molecular weight is 497 g/mol. The van der Waals surface area contributed by atoms with Crippen LogP contribution in [0, 0.1) is 5.41 Å². The van der Waals surface area contributed by atoms with Gasteiger partial charge in [-0.3, -0.25) is 19.8 Å². The summed E-state index contributed by atoms with van der Waals surface area (Å²) in [5, 5.41) is 16.8. The van der Waals surface area contributed by atoms with Crippen molar-refractivity contribution in [3.63, 3.8) is 0 Å². The number of rotatable bonds is 11. The third-order valence-electron chi connectivity index (χ3n) is 6.12. The molecule has 0 spiro atoms. The number of fused-ring (bicyclic) bond motifs is 1. The molecule has 36 heavy (non-hydrogen) atoms. The smallest absolute Gasteiger partial charge is 0.312 e. The Balaban J connectivity index is 1.29. The summed E-state index contributed by atoms with van der Waals surface area (Å²) >= 11 is 0. The fourth-order valence-corrected chi connectivity index (χ4v) is 4.22. The van der Waals surface area contributed by atoms with Crippen LogP contribution in [0.1, 0.15) is 36.4 Å². The van der Waals surface area contributed by atoms with Crippen molar-refractivity contribution in [2.24, 2.45) is 5.73 Å². The van der Waals surface area contributed by atoms with Gasteiger partial charge in [-0.1, -0.05) is 6.07 Å². The molecule has 0 aromatic heterocycles. The number of benzene rings is 2. The number of ether oxygens (including phenoxy) is 3. The summed E-state index contributed by atoms with van der Waals surface area (Å²) in [4.78, 5) is 40.1. The number of nitrogens with one attached hydrogen (secondary N) is 1. The predicted molar refractivity (Wildman–Crippen MR) is 128 cm³/mol. The summed E-state index contributed by atoms with van der Waals surface area (Å²) in [6.45, 7) is 1.47. The van der Waals surface area contributed by atoms with Crippen LogP contribution in [0.2, 0.25) is 0 Å². The van der Waals surface area contributed by atoms with Crippen LogP contribution in [0.15, 0.2) is 42.5 Å². The van der Waals surface area contributed by atoms with Crippen LogP contribution in [0.25, 0.3) is 0 Å². The second-order valence-corrected chi connectivity index (χ2v) is 8.51. The SMILES string of the molecule is N=C(N)c1ccc(OCCCCN2CCN(C(CC(=O)O)c3ccc4c(c3)OCO4)C(=O)C2=O)cc1. The lowest BCUT2D eigenvalue weighted by Crippen LogP contribution is -2.55. The largest absolute Gasteiger partial charge is 0.494 e. The van der Waals surface area contributed by atoms with E-state index in [9.17, 15) is 19.5 Å². The Hall–Kier alpha value is -4.28. The highest BCUT2D eigenvalue weighted by Gasteiger charge is 2.38. The van der Waals surface area contributed by atoms with Gasteiger partial charge in [-0.25, -0.2) is 0 Å². The van der Waals surface area contributed by atoms with Gasteiger partial charge in [-0.2, -0.15) is 0 Å². The van der Waals surface area contributed by atoms with Gasteiger partial charge in [-0.05, 0) is 54.8 Å². The molecule has 2 aliphatic heterocycles. The minimum absolute atomic E-state index is 0.00830. The molecule has 2 amide bonds. The van der Waals surface area contributed by atoms with Gasteiger partial charge in [0.15, 0.2) is 11.5 Å². The van der Waals surface area contributed by atoms with Gasteiger partial charge in [0.25, 0.3) is 0 Å². The van der Waals surface area contributed by atoms with Gasteiger partial charge >= 0.3 is 17.8 Å². The Morgan fingerprint density at radius 1 is 1.06 bits per heavy atom. The molecule has 4 rings (SSSR count).